The molecule has 0 fully saturated rings. The van der Waals surface area contributed by atoms with Crippen molar-refractivity contribution in [3.05, 3.63) is 240 Å². The van der Waals surface area contributed by atoms with Gasteiger partial charge in [0.2, 0.25) is 0 Å². The van der Waals surface area contributed by atoms with E-state index in [1.54, 1.807) is 0 Å². The molecule has 13 aliphatic rings. The number of benzene rings is 4. The molecule has 84 heavy (non-hydrogen) atoms. The molecule has 0 aliphatic carbocycles. The number of rotatable bonds is 0. The summed E-state index contributed by atoms with van der Waals surface area (Å²) < 4.78 is 245. The Morgan fingerprint density at radius 2 is 0.321 bits per heavy atom. The number of ketones is 2. The van der Waals surface area contributed by atoms with Crippen LogP contribution in [0.15, 0.2) is 195 Å². The summed E-state index contributed by atoms with van der Waals surface area (Å²) in [6.45, 7) is 2.83. The predicted molar refractivity (Wildman–Crippen MR) is 268 cm³/mol. The average Bonchev–Trinajstić information content (AvgIpc) is 3.37. The summed E-state index contributed by atoms with van der Waals surface area (Å²) >= 11 is 0. The van der Waals surface area contributed by atoms with Crippen molar-refractivity contribution in [1.82, 2.24) is 0 Å². The largest absolute Gasteiger partial charge is 0.289 e. The number of hydrogen-bond acceptors (Lipinski definition) is 2. The normalized spacial score (nSPS) is 16.2. The second-order valence-corrected chi connectivity index (χ2v) is 26.0. The van der Waals surface area contributed by atoms with E-state index in [0.717, 1.165) is 44.5 Å². The van der Waals surface area contributed by atoms with E-state index in [1.807, 2.05) is 97.1 Å². The standard InChI is InChI=1S/C50H40N4O2.4F6P/c55-49-45-9-1-37(2-10-45)33-51-25-17-41(18-26-51)42-19-27-53(28-20-42)35-39-5-13-47(14-6-39)50(56)48-15-7-40(8-16-48)36-54-31-23-44(24-32-54)43-21-29-52(30-22-43)34-38-3-11-46(49)12-4-38;4*1-7(2,3,4,5)6/h1-32H,33-36H2;;;;/q+4;4*-1. The molecule has 0 spiro atoms. The van der Waals surface area contributed by atoms with Gasteiger partial charge >= 0.3 is 132 Å². The first-order valence-corrected chi connectivity index (χ1v) is 31.1. The van der Waals surface area contributed by atoms with E-state index < -0.39 is 31.2 Å². The van der Waals surface area contributed by atoms with Crippen molar-refractivity contribution in [2.24, 2.45) is 0 Å². The van der Waals surface area contributed by atoms with Crippen LogP contribution in [0.4, 0.5) is 101 Å². The fourth-order valence-electron chi connectivity index (χ4n) is 7.24. The van der Waals surface area contributed by atoms with Gasteiger partial charge in [-0.1, -0.05) is 97.1 Å². The Bertz CT molecular complexity index is 3100. The van der Waals surface area contributed by atoms with Gasteiger partial charge in [-0.15, -0.1) is 0 Å². The van der Waals surface area contributed by atoms with Crippen molar-refractivity contribution in [3.63, 3.8) is 0 Å². The molecule has 16 bridgehead atoms. The number of aromatic nitrogens is 4. The first-order valence-electron chi connectivity index (χ1n) is 23.0. The summed E-state index contributed by atoms with van der Waals surface area (Å²) in [5, 5.41) is 0. The van der Waals surface area contributed by atoms with E-state index in [9.17, 15) is 110 Å². The van der Waals surface area contributed by atoms with Gasteiger partial charge in [0.05, 0.1) is 0 Å². The van der Waals surface area contributed by atoms with Gasteiger partial charge in [0.25, 0.3) is 0 Å². The Hall–Kier alpha value is -7.14. The molecule has 4 aromatic heterocycles. The number of nitrogens with zero attached hydrogens (tertiary/aromatic N) is 4. The van der Waals surface area contributed by atoms with Gasteiger partial charge in [0.1, 0.15) is 0 Å². The molecule has 0 amide bonds. The molecule has 34 heteroatoms. The van der Waals surface area contributed by atoms with Crippen LogP contribution >= 0.6 is 31.2 Å². The molecular weight excluding hydrogens is 1270 g/mol. The van der Waals surface area contributed by atoms with Gasteiger partial charge in [0, 0.05) is 93.0 Å². The van der Waals surface area contributed by atoms with Crippen LogP contribution in [0.2, 0.25) is 0 Å². The number of halogens is 24. The van der Waals surface area contributed by atoms with E-state index in [-0.39, 0.29) is 11.6 Å². The average molecular weight is 1310 g/mol. The predicted octanol–water partition coefficient (Wildman–Crippen LogP) is 20.7. The van der Waals surface area contributed by atoms with Gasteiger partial charge in [-0.2, -0.15) is 0 Å². The Balaban J connectivity index is 0.000000381. The van der Waals surface area contributed by atoms with E-state index >= 15 is 0 Å². The second-order valence-electron chi connectivity index (χ2n) is 18.3. The van der Waals surface area contributed by atoms with E-state index in [4.69, 9.17) is 0 Å². The fraction of sp³-hybridized carbons (Fsp3) is 0.0800. The molecule has 0 saturated heterocycles. The van der Waals surface area contributed by atoms with Crippen molar-refractivity contribution in [1.29, 1.82) is 0 Å². The van der Waals surface area contributed by atoms with Crippen molar-refractivity contribution in [2.45, 2.75) is 26.2 Å². The SMILES string of the molecule is F[P-](F)(F)(F)(F)F.F[P-](F)(F)(F)(F)F.F[P-](F)(F)(F)(F)F.F[P-](F)(F)(F)(F)F.O=C1c2ccc(cc2)C[n+]2ccc(cc2)-c2cc[n+](cc2)Cc2ccc(cc2)C(=O)c2ccc(cc2)C[n+]2ccc(cc2)-c2cc[n+](cc2)Cc2ccc1cc2. The molecule has 6 nitrogen and oxygen atoms in total. The summed E-state index contributed by atoms with van der Waals surface area (Å²) in [6.07, 6.45) is 16.7. The molecule has 4 aromatic carbocycles. The van der Waals surface area contributed by atoms with Crippen LogP contribution in [-0.2, 0) is 26.2 Å². The van der Waals surface area contributed by atoms with Gasteiger partial charge in [-0.3, -0.25) is 9.59 Å². The molecular formula is C50H40F24N4O2P4. The minimum Gasteiger partial charge on any atom is -0.289 e. The molecule has 17 heterocycles. The summed E-state index contributed by atoms with van der Waals surface area (Å²) in [6, 6.07) is 48.7. The Morgan fingerprint density at radius 1 is 0.202 bits per heavy atom. The van der Waals surface area contributed by atoms with E-state index in [1.165, 1.54) is 0 Å². The zero-order valence-corrected chi connectivity index (χ0v) is 45.3. The molecule has 21 rings (SSSR count). The number of pyridine rings is 4. The van der Waals surface area contributed by atoms with E-state index in [0.29, 0.717) is 48.4 Å². The third-order valence-corrected chi connectivity index (χ3v) is 10.6. The summed E-state index contributed by atoms with van der Waals surface area (Å²) in [7, 11) is -42.6. The molecule has 0 unspecified atom stereocenters. The third kappa shape index (κ3) is 32.1. The minimum absolute atomic E-state index is 0.0203. The van der Waals surface area contributed by atoms with Crippen molar-refractivity contribution >= 4 is 42.8 Å². The van der Waals surface area contributed by atoms with Crippen molar-refractivity contribution in [3.8, 4) is 22.3 Å². The van der Waals surface area contributed by atoms with Gasteiger partial charge in [-0.05, 0) is 22.3 Å². The van der Waals surface area contributed by atoms with Crippen molar-refractivity contribution < 1.29 is 129 Å². The monoisotopic (exact) mass is 1310 g/mol. The molecule has 13 aliphatic heterocycles. The molecule has 8 aromatic rings. The van der Waals surface area contributed by atoms with Crippen LogP contribution in [0.1, 0.15) is 54.1 Å². The third-order valence-electron chi connectivity index (χ3n) is 10.6. The number of carbonyl (C=O) groups is 2. The topological polar surface area (TPSA) is 49.7 Å². The van der Waals surface area contributed by atoms with Crippen molar-refractivity contribution in [2.75, 3.05) is 0 Å². The van der Waals surface area contributed by atoms with Crippen LogP contribution < -0.4 is 18.3 Å². The number of hydrogen-bond donors (Lipinski definition) is 0. The quantitative estimate of drug-likeness (QED) is 0.0863. The summed E-state index contributed by atoms with van der Waals surface area (Å²) in [4.78, 5) is 26.7. The zero-order chi connectivity index (χ0) is 63.5. The molecule has 0 saturated carbocycles. The maximum atomic E-state index is 13.4. The smallest absolute Gasteiger partial charge is 0.193 e. The van der Waals surface area contributed by atoms with Crippen LogP contribution in [0, 0.1) is 0 Å². The Morgan fingerprint density at radius 3 is 0.440 bits per heavy atom. The van der Waals surface area contributed by atoms with Gasteiger partial charge in [-0.25, -0.2) is 18.3 Å². The Labute approximate surface area is 458 Å². The molecule has 460 valence electrons. The van der Waals surface area contributed by atoms with Gasteiger partial charge in [0.15, 0.2) is 87.3 Å². The molecule has 0 N–H and O–H groups in total. The fourth-order valence-corrected chi connectivity index (χ4v) is 7.24. The maximum absolute atomic E-state index is 13.4. The van der Waals surface area contributed by atoms with Crippen LogP contribution in [0.5, 0.6) is 0 Å². The van der Waals surface area contributed by atoms with Crippen LogP contribution in [0.3, 0.4) is 0 Å². The summed E-state index contributed by atoms with van der Waals surface area (Å²) in [5.41, 5.74) is 11.8. The maximum Gasteiger partial charge on any atom is 0.193 e. The summed E-state index contributed by atoms with van der Waals surface area (Å²) in [5.74, 6) is 0.0406. The zero-order valence-electron chi connectivity index (χ0n) is 41.8. The molecule has 0 atom stereocenters. The second kappa shape index (κ2) is 20.8. The van der Waals surface area contributed by atoms with E-state index in [2.05, 4.69) is 116 Å². The van der Waals surface area contributed by atoms with Gasteiger partial charge < -0.3 is 0 Å². The van der Waals surface area contributed by atoms with Crippen LogP contribution in [-0.4, -0.2) is 11.6 Å². The van der Waals surface area contributed by atoms with Crippen LogP contribution in [0.25, 0.3) is 22.3 Å². The first-order chi connectivity index (χ1) is 37.3. The first kappa shape index (κ1) is 67.6. The minimum atomic E-state index is -10.7. The number of carbonyl (C=O) groups excluding carboxylic acids is 2. The molecule has 0 radical (unpaired) electrons. The Kier molecular flexibility index (Phi) is 16.8.